The maximum Gasteiger partial charge on any atom is 0.407 e. The lowest BCUT2D eigenvalue weighted by atomic mass is 9.98. The van der Waals surface area contributed by atoms with Crippen molar-refractivity contribution in [3.05, 3.63) is 59.7 Å². The highest BCUT2D eigenvalue weighted by Crippen LogP contribution is 2.44. The molecule has 164 valence electrons. The van der Waals surface area contributed by atoms with E-state index in [1.54, 1.807) is 0 Å². The third kappa shape index (κ3) is 5.99. The van der Waals surface area contributed by atoms with Gasteiger partial charge in [-0.3, -0.25) is 9.63 Å². The van der Waals surface area contributed by atoms with Crippen LogP contribution in [0.4, 0.5) is 4.79 Å². The van der Waals surface area contributed by atoms with E-state index in [0.717, 1.165) is 16.2 Å². The number of nitrogens with one attached hydrogen (secondary N) is 1. The van der Waals surface area contributed by atoms with Gasteiger partial charge in [0.25, 0.3) is 5.91 Å². The summed E-state index contributed by atoms with van der Waals surface area (Å²) in [7, 11) is 1.36. The molecule has 3 rings (SSSR count). The van der Waals surface area contributed by atoms with E-state index in [1.165, 1.54) is 29.9 Å². The number of amides is 2. The molecule has 2 N–H and O–H groups in total. The van der Waals surface area contributed by atoms with Gasteiger partial charge in [-0.15, -0.1) is 0 Å². The first-order valence-corrected chi connectivity index (χ1v) is 10.9. The minimum absolute atomic E-state index is 0.00601. The smallest absolute Gasteiger partial charge is 0.407 e. The number of aliphatic carboxylic acids is 1. The van der Waals surface area contributed by atoms with E-state index in [1.807, 2.05) is 24.3 Å². The van der Waals surface area contributed by atoms with Gasteiger partial charge in [0.15, 0.2) is 6.61 Å². The molecule has 0 atom stereocenters. The van der Waals surface area contributed by atoms with Crippen LogP contribution in [0.1, 0.15) is 17.0 Å². The van der Waals surface area contributed by atoms with Gasteiger partial charge in [-0.05, 0) is 22.3 Å². The number of carboxylic acid groups (broad SMARTS) is 1. The van der Waals surface area contributed by atoms with E-state index >= 15 is 0 Å². The summed E-state index contributed by atoms with van der Waals surface area (Å²) >= 11 is 1.30. The summed E-state index contributed by atoms with van der Waals surface area (Å²) in [4.78, 5) is 39.1. The zero-order valence-electron chi connectivity index (χ0n) is 17.1. The Hall–Kier alpha value is -3.04. The number of hydroxylamine groups is 2. The lowest BCUT2D eigenvalue weighted by molar-refractivity contribution is -0.183. The number of rotatable bonds is 10. The Morgan fingerprint density at radius 1 is 1.06 bits per heavy atom. The number of thioether (sulfide) groups is 1. The maximum absolute atomic E-state index is 12.1. The van der Waals surface area contributed by atoms with Crippen molar-refractivity contribution in [2.24, 2.45) is 0 Å². The number of fused-ring (bicyclic) bond motifs is 3. The molecule has 2 aromatic carbocycles. The quantitative estimate of drug-likeness (QED) is 0.429. The van der Waals surface area contributed by atoms with Crippen LogP contribution in [0.25, 0.3) is 11.1 Å². The highest BCUT2D eigenvalue weighted by atomic mass is 32.2. The van der Waals surface area contributed by atoms with Gasteiger partial charge in [-0.1, -0.05) is 48.5 Å². The molecule has 31 heavy (non-hydrogen) atoms. The average molecular weight is 445 g/mol. The molecule has 2 amide bonds. The zero-order valence-corrected chi connectivity index (χ0v) is 17.9. The summed E-state index contributed by atoms with van der Waals surface area (Å²) in [6, 6.07) is 16.3. The van der Waals surface area contributed by atoms with E-state index < -0.39 is 18.7 Å². The molecule has 1 aliphatic rings. The first kappa shape index (κ1) is 22.6. The first-order valence-electron chi connectivity index (χ1n) is 9.75. The fourth-order valence-corrected chi connectivity index (χ4v) is 4.10. The predicted molar refractivity (Wildman–Crippen MR) is 117 cm³/mol. The van der Waals surface area contributed by atoms with Crippen LogP contribution in [0, 0.1) is 0 Å². The monoisotopic (exact) mass is 444 g/mol. The van der Waals surface area contributed by atoms with Crippen molar-refractivity contribution in [3.8, 4) is 11.1 Å². The molecule has 0 bridgehead atoms. The SMILES string of the molecule is CN(OCC(=O)O)C(=O)CSCCNC(=O)OCC1c2ccccc2-c2ccccc21. The molecular formula is C22H24N2O6S. The van der Waals surface area contributed by atoms with E-state index in [0.29, 0.717) is 12.3 Å². The minimum Gasteiger partial charge on any atom is -0.479 e. The van der Waals surface area contributed by atoms with Crippen LogP contribution in [0.15, 0.2) is 48.5 Å². The van der Waals surface area contributed by atoms with Crippen molar-refractivity contribution in [2.75, 3.05) is 38.3 Å². The number of nitrogens with zero attached hydrogens (tertiary/aromatic N) is 1. The summed E-state index contributed by atoms with van der Waals surface area (Å²) in [6.07, 6.45) is -0.504. The molecule has 2 aromatic rings. The second-order valence-electron chi connectivity index (χ2n) is 6.86. The number of ether oxygens (including phenoxy) is 1. The Bertz CT molecular complexity index is 906. The van der Waals surface area contributed by atoms with Gasteiger partial charge < -0.3 is 15.2 Å². The zero-order chi connectivity index (χ0) is 22.2. The van der Waals surface area contributed by atoms with Crippen LogP contribution in [0.5, 0.6) is 0 Å². The first-order chi connectivity index (χ1) is 15.0. The molecule has 0 radical (unpaired) electrons. The predicted octanol–water partition coefficient (Wildman–Crippen LogP) is 2.73. The molecule has 0 aromatic heterocycles. The van der Waals surface area contributed by atoms with E-state index in [4.69, 9.17) is 14.7 Å². The van der Waals surface area contributed by atoms with Crippen molar-refractivity contribution in [3.63, 3.8) is 0 Å². The Morgan fingerprint density at radius 2 is 1.68 bits per heavy atom. The van der Waals surface area contributed by atoms with E-state index in [-0.39, 0.29) is 24.2 Å². The fourth-order valence-electron chi connectivity index (χ4n) is 3.35. The molecule has 0 saturated heterocycles. The molecule has 0 aliphatic heterocycles. The second-order valence-corrected chi connectivity index (χ2v) is 7.97. The highest BCUT2D eigenvalue weighted by Gasteiger charge is 2.28. The Kier molecular flexibility index (Phi) is 7.91. The number of alkyl carbamates (subject to hydrolysis) is 1. The third-order valence-corrected chi connectivity index (χ3v) is 5.76. The molecule has 0 unspecified atom stereocenters. The normalized spacial score (nSPS) is 12.0. The topological polar surface area (TPSA) is 105 Å². The van der Waals surface area contributed by atoms with Gasteiger partial charge in [0, 0.05) is 25.3 Å². The number of benzene rings is 2. The van der Waals surface area contributed by atoms with Gasteiger partial charge in [0.1, 0.15) is 6.61 Å². The number of carbonyl (C=O) groups excluding carboxylic acids is 2. The van der Waals surface area contributed by atoms with Gasteiger partial charge in [-0.2, -0.15) is 11.8 Å². The molecule has 0 heterocycles. The number of hydrogen-bond acceptors (Lipinski definition) is 6. The standard InChI is InChI=1S/C22H24N2O6S/c1-24(30-13-21(26)27)20(25)14-31-11-10-23-22(28)29-12-19-17-8-4-2-6-15(17)16-7-3-5-9-18(16)19/h2-9,19H,10-14H2,1H3,(H,23,28)(H,26,27). The van der Waals surface area contributed by atoms with E-state index in [9.17, 15) is 14.4 Å². The molecule has 1 aliphatic carbocycles. The second kappa shape index (κ2) is 10.8. The number of hydrogen-bond donors (Lipinski definition) is 2. The van der Waals surface area contributed by atoms with Crippen molar-refractivity contribution >= 4 is 29.7 Å². The van der Waals surface area contributed by atoms with Crippen LogP contribution in [0.2, 0.25) is 0 Å². The molecule has 0 fully saturated rings. The van der Waals surface area contributed by atoms with Gasteiger partial charge in [-0.25, -0.2) is 14.7 Å². The number of carboxylic acids is 1. The van der Waals surface area contributed by atoms with Crippen LogP contribution in [0.3, 0.4) is 0 Å². The van der Waals surface area contributed by atoms with Gasteiger partial charge >= 0.3 is 12.1 Å². The summed E-state index contributed by atoms with van der Waals surface area (Å²) in [5.74, 6) is -0.885. The molecular weight excluding hydrogens is 420 g/mol. The number of carbonyl (C=O) groups is 3. The van der Waals surface area contributed by atoms with Crippen LogP contribution >= 0.6 is 11.8 Å². The Balaban J connectivity index is 1.38. The summed E-state index contributed by atoms with van der Waals surface area (Å²) in [5, 5.41) is 12.1. The molecule has 0 spiro atoms. The van der Waals surface area contributed by atoms with Crippen molar-refractivity contribution in [1.29, 1.82) is 0 Å². The molecule has 8 nitrogen and oxygen atoms in total. The summed E-state index contributed by atoms with van der Waals surface area (Å²) < 4.78 is 5.45. The fraction of sp³-hybridized carbons (Fsp3) is 0.318. The van der Waals surface area contributed by atoms with Crippen molar-refractivity contribution in [2.45, 2.75) is 5.92 Å². The lowest BCUT2D eigenvalue weighted by Gasteiger charge is -2.15. The Morgan fingerprint density at radius 3 is 2.29 bits per heavy atom. The van der Waals surface area contributed by atoms with Crippen molar-refractivity contribution in [1.82, 2.24) is 10.4 Å². The highest BCUT2D eigenvalue weighted by molar-refractivity contribution is 7.99. The largest absolute Gasteiger partial charge is 0.479 e. The average Bonchev–Trinajstić information content (AvgIpc) is 3.09. The summed E-state index contributed by atoms with van der Waals surface area (Å²) in [5.41, 5.74) is 4.65. The third-order valence-electron chi connectivity index (χ3n) is 4.82. The molecule has 9 heteroatoms. The van der Waals surface area contributed by atoms with Crippen molar-refractivity contribution < 1.29 is 29.1 Å². The summed E-state index contributed by atoms with van der Waals surface area (Å²) in [6.45, 7) is 0.0156. The maximum atomic E-state index is 12.1. The lowest BCUT2D eigenvalue weighted by Crippen LogP contribution is -2.31. The van der Waals surface area contributed by atoms with Crippen LogP contribution in [-0.2, 0) is 19.2 Å². The van der Waals surface area contributed by atoms with Crippen LogP contribution in [-0.4, -0.2) is 66.5 Å². The van der Waals surface area contributed by atoms with E-state index in [2.05, 4.69) is 29.6 Å². The Labute approximate surface area is 184 Å². The van der Waals surface area contributed by atoms with Gasteiger partial charge in [0.2, 0.25) is 0 Å². The molecule has 0 saturated carbocycles. The van der Waals surface area contributed by atoms with Crippen LogP contribution < -0.4 is 5.32 Å². The minimum atomic E-state index is -1.15. The van der Waals surface area contributed by atoms with Gasteiger partial charge in [0.05, 0.1) is 5.75 Å².